The first kappa shape index (κ1) is 19.2. The number of amides is 2. The largest absolute Gasteiger partial charge is 0.405 e. The molecule has 0 bridgehead atoms. The number of hydrogen-bond donors (Lipinski definition) is 3. The lowest BCUT2D eigenvalue weighted by Gasteiger charge is -2.12. The van der Waals surface area contributed by atoms with Crippen molar-refractivity contribution in [3.05, 3.63) is 29.8 Å². The molecule has 0 saturated carbocycles. The van der Waals surface area contributed by atoms with E-state index in [2.05, 4.69) is 10.0 Å². The zero-order chi connectivity index (χ0) is 17.7. The number of rotatable bonds is 6. The molecule has 0 saturated heterocycles. The third kappa shape index (κ3) is 7.33. The lowest BCUT2D eigenvalue weighted by molar-refractivity contribution is -0.122. The summed E-state index contributed by atoms with van der Waals surface area (Å²) in [5.74, 6) is 0. The van der Waals surface area contributed by atoms with Gasteiger partial charge in [0.2, 0.25) is 10.0 Å². The molecular formula is C13H18F3N3O3S. The molecule has 0 aliphatic heterocycles. The molecule has 1 aromatic carbocycles. The second-order valence-corrected chi connectivity index (χ2v) is 6.79. The van der Waals surface area contributed by atoms with E-state index in [1.54, 1.807) is 25.2 Å². The SMILES string of the molecule is CC(C)NS(=O)(=O)c1cccc(CNC(=O)NCC(F)(F)F)c1. The highest BCUT2D eigenvalue weighted by Crippen LogP contribution is 2.13. The van der Waals surface area contributed by atoms with Crippen LogP contribution in [0.2, 0.25) is 0 Å². The third-order valence-electron chi connectivity index (χ3n) is 2.50. The number of alkyl halides is 3. The highest BCUT2D eigenvalue weighted by molar-refractivity contribution is 7.89. The van der Waals surface area contributed by atoms with Crippen LogP contribution < -0.4 is 15.4 Å². The summed E-state index contributed by atoms with van der Waals surface area (Å²) in [6.45, 7) is 1.81. The van der Waals surface area contributed by atoms with E-state index < -0.39 is 28.8 Å². The van der Waals surface area contributed by atoms with Gasteiger partial charge in [0.05, 0.1) is 4.90 Å². The Labute approximate surface area is 132 Å². The number of urea groups is 1. The van der Waals surface area contributed by atoms with Gasteiger partial charge in [0.1, 0.15) is 6.54 Å². The molecule has 0 aliphatic rings. The molecular weight excluding hydrogens is 335 g/mol. The van der Waals surface area contributed by atoms with E-state index in [0.29, 0.717) is 5.56 Å². The maximum Gasteiger partial charge on any atom is 0.405 e. The Morgan fingerprint density at radius 1 is 1.22 bits per heavy atom. The van der Waals surface area contributed by atoms with Crippen LogP contribution in [0.4, 0.5) is 18.0 Å². The fraction of sp³-hybridized carbons (Fsp3) is 0.462. The van der Waals surface area contributed by atoms with Crippen molar-refractivity contribution in [1.82, 2.24) is 15.4 Å². The summed E-state index contributed by atoms with van der Waals surface area (Å²) in [6, 6.07) is 4.50. The molecule has 0 spiro atoms. The van der Waals surface area contributed by atoms with Crippen molar-refractivity contribution in [2.24, 2.45) is 0 Å². The van der Waals surface area contributed by atoms with Crippen LogP contribution in [-0.4, -0.2) is 33.2 Å². The molecule has 0 atom stereocenters. The maximum absolute atomic E-state index is 12.0. The van der Waals surface area contributed by atoms with Gasteiger partial charge in [0, 0.05) is 12.6 Å². The number of carbonyl (C=O) groups excluding carboxylic acids is 1. The highest BCUT2D eigenvalue weighted by atomic mass is 32.2. The van der Waals surface area contributed by atoms with E-state index in [1.807, 2.05) is 0 Å². The molecule has 130 valence electrons. The molecule has 0 heterocycles. The van der Waals surface area contributed by atoms with Crippen molar-refractivity contribution < 1.29 is 26.4 Å². The number of halogens is 3. The topological polar surface area (TPSA) is 87.3 Å². The van der Waals surface area contributed by atoms with E-state index in [-0.39, 0.29) is 17.5 Å². The number of benzene rings is 1. The predicted molar refractivity (Wildman–Crippen MR) is 78.2 cm³/mol. The molecule has 23 heavy (non-hydrogen) atoms. The second-order valence-electron chi connectivity index (χ2n) is 5.07. The van der Waals surface area contributed by atoms with Crippen LogP contribution in [0.3, 0.4) is 0 Å². The van der Waals surface area contributed by atoms with Gasteiger partial charge < -0.3 is 10.6 Å². The van der Waals surface area contributed by atoms with Crippen LogP contribution in [0.15, 0.2) is 29.2 Å². The van der Waals surface area contributed by atoms with Gasteiger partial charge in [-0.15, -0.1) is 0 Å². The van der Waals surface area contributed by atoms with E-state index in [9.17, 15) is 26.4 Å². The van der Waals surface area contributed by atoms with Crippen LogP contribution in [-0.2, 0) is 16.6 Å². The standard InChI is InChI=1S/C13H18F3N3O3S/c1-9(2)19-23(21,22)11-5-3-4-10(6-11)7-17-12(20)18-8-13(14,15)16/h3-6,9,19H,7-8H2,1-2H3,(H2,17,18,20). The molecule has 1 aromatic rings. The Kier molecular flexibility index (Phi) is 6.39. The summed E-state index contributed by atoms with van der Waals surface area (Å²) in [6.07, 6.45) is -4.49. The summed E-state index contributed by atoms with van der Waals surface area (Å²) in [5, 5.41) is 3.88. The van der Waals surface area contributed by atoms with Crippen molar-refractivity contribution in [3.63, 3.8) is 0 Å². The molecule has 3 N–H and O–H groups in total. The van der Waals surface area contributed by atoms with E-state index in [1.165, 1.54) is 18.2 Å². The molecule has 0 radical (unpaired) electrons. The Hall–Kier alpha value is -1.81. The van der Waals surface area contributed by atoms with Crippen molar-refractivity contribution in [2.75, 3.05) is 6.54 Å². The minimum absolute atomic E-state index is 0.0150. The van der Waals surface area contributed by atoms with Gasteiger partial charge >= 0.3 is 12.2 Å². The van der Waals surface area contributed by atoms with E-state index in [0.717, 1.165) is 0 Å². The molecule has 10 heteroatoms. The first-order chi connectivity index (χ1) is 10.5. The van der Waals surface area contributed by atoms with Crippen molar-refractivity contribution in [2.45, 2.75) is 37.5 Å². The van der Waals surface area contributed by atoms with Gasteiger partial charge in [-0.3, -0.25) is 0 Å². The first-order valence-corrected chi connectivity index (χ1v) is 8.17. The first-order valence-electron chi connectivity index (χ1n) is 6.69. The summed E-state index contributed by atoms with van der Waals surface area (Å²) in [7, 11) is -3.68. The Morgan fingerprint density at radius 2 is 1.87 bits per heavy atom. The van der Waals surface area contributed by atoms with Crippen molar-refractivity contribution >= 4 is 16.1 Å². The molecule has 0 fully saturated rings. The van der Waals surface area contributed by atoms with Crippen LogP contribution >= 0.6 is 0 Å². The average Bonchev–Trinajstić information content (AvgIpc) is 2.41. The van der Waals surface area contributed by atoms with Crippen molar-refractivity contribution in [1.29, 1.82) is 0 Å². The quantitative estimate of drug-likeness (QED) is 0.728. The van der Waals surface area contributed by atoms with Gasteiger partial charge in [0.25, 0.3) is 0 Å². The Morgan fingerprint density at radius 3 is 2.43 bits per heavy atom. The number of nitrogens with one attached hydrogen (secondary N) is 3. The summed E-state index contributed by atoms with van der Waals surface area (Å²) >= 11 is 0. The lowest BCUT2D eigenvalue weighted by atomic mass is 10.2. The van der Waals surface area contributed by atoms with Crippen LogP contribution in [0.25, 0.3) is 0 Å². The minimum Gasteiger partial charge on any atom is -0.334 e. The molecule has 2 amide bonds. The average molecular weight is 353 g/mol. The van der Waals surface area contributed by atoms with E-state index >= 15 is 0 Å². The van der Waals surface area contributed by atoms with Gasteiger partial charge in [-0.2, -0.15) is 13.2 Å². The van der Waals surface area contributed by atoms with E-state index in [4.69, 9.17) is 0 Å². The molecule has 1 rings (SSSR count). The minimum atomic E-state index is -4.49. The molecule has 0 aromatic heterocycles. The van der Waals surface area contributed by atoms with Crippen LogP contribution in [0, 0.1) is 0 Å². The number of carbonyl (C=O) groups is 1. The molecule has 0 aliphatic carbocycles. The Balaban J connectivity index is 2.66. The normalized spacial score (nSPS) is 12.3. The number of sulfonamides is 1. The fourth-order valence-electron chi connectivity index (χ4n) is 1.63. The van der Waals surface area contributed by atoms with Crippen LogP contribution in [0.5, 0.6) is 0 Å². The third-order valence-corrected chi connectivity index (χ3v) is 4.16. The molecule has 6 nitrogen and oxygen atoms in total. The van der Waals surface area contributed by atoms with Gasteiger partial charge in [-0.25, -0.2) is 17.9 Å². The highest BCUT2D eigenvalue weighted by Gasteiger charge is 2.27. The number of hydrogen-bond acceptors (Lipinski definition) is 3. The summed E-state index contributed by atoms with van der Waals surface area (Å²) in [4.78, 5) is 11.3. The van der Waals surface area contributed by atoms with Gasteiger partial charge in [-0.05, 0) is 31.5 Å². The second kappa shape index (κ2) is 7.64. The zero-order valence-electron chi connectivity index (χ0n) is 12.6. The summed E-state index contributed by atoms with van der Waals surface area (Å²) in [5.41, 5.74) is 0.443. The van der Waals surface area contributed by atoms with Gasteiger partial charge in [0.15, 0.2) is 0 Å². The zero-order valence-corrected chi connectivity index (χ0v) is 13.4. The summed E-state index contributed by atoms with van der Waals surface area (Å²) < 4.78 is 62.3. The maximum atomic E-state index is 12.0. The molecule has 0 unspecified atom stereocenters. The Bertz CT molecular complexity index is 645. The lowest BCUT2D eigenvalue weighted by Crippen LogP contribution is -2.40. The van der Waals surface area contributed by atoms with Crippen LogP contribution in [0.1, 0.15) is 19.4 Å². The smallest absolute Gasteiger partial charge is 0.334 e. The van der Waals surface area contributed by atoms with Crippen molar-refractivity contribution in [3.8, 4) is 0 Å². The predicted octanol–water partition coefficient (Wildman–Crippen LogP) is 1.73. The fourth-order valence-corrected chi connectivity index (χ4v) is 2.95. The van der Waals surface area contributed by atoms with Gasteiger partial charge in [-0.1, -0.05) is 12.1 Å². The monoisotopic (exact) mass is 353 g/mol.